The van der Waals surface area contributed by atoms with E-state index in [1.54, 1.807) is 0 Å². The van der Waals surface area contributed by atoms with Gasteiger partial charge in [0.25, 0.3) is 0 Å². The van der Waals surface area contributed by atoms with Crippen LogP contribution in [0.3, 0.4) is 0 Å². The summed E-state index contributed by atoms with van der Waals surface area (Å²) in [7, 11) is 0. The van der Waals surface area contributed by atoms with E-state index < -0.39 is 52.6 Å². The van der Waals surface area contributed by atoms with E-state index in [4.69, 9.17) is 5.11 Å². The molecule has 1 aromatic carbocycles. The van der Waals surface area contributed by atoms with Crippen molar-refractivity contribution in [1.82, 2.24) is 9.97 Å². The van der Waals surface area contributed by atoms with Gasteiger partial charge in [-0.1, -0.05) is 0 Å². The number of hydrogen-bond donors (Lipinski definition) is 3. The average molecular weight is 375 g/mol. The number of carboxylic acids is 1. The van der Waals surface area contributed by atoms with Crippen LogP contribution in [0.5, 0.6) is 0 Å². The molecule has 0 saturated heterocycles. The van der Waals surface area contributed by atoms with Crippen LogP contribution in [0.1, 0.15) is 5.69 Å². The number of carbonyl (C=O) groups is 1. The van der Waals surface area contributed by atoms with Crippen LogP contribution in [0.15, 0.2) is 24.3 Å². The van der Waals surface area contributed by atoms with E-state index in [2.05, 4.69) is 20.6 Å². The van der Waals surface area contributed by atoms with Gasteiger partial charge < -0.3 is 15.7 Å². The van der Waals surface area contributed by atoms with Crippen LogP contribution in [0.4, 0.5) is 40.7 Å². The zero-order valence-electron chi connectivity index (χ0n) is 12.5. The fraction of sp³-hybridized carbons (Fsp3) is 0.154. The number of alkyl halides is 3. The lowest BCUT2D eigenvalue weighted by atomic mass is 10.2. The molecule has 0 fully saturated rings. The number of carboxylic acid groups (broad SMARTS) is 1. The van der Waals surface area contributed by atoms with Gasteiger partial charge in [-0.15, -0.1) is 0 Å². The Bertz CT molecular complexity index is 859. The molecule has 0 aliphatic carbocycles. The SMILES string of the molecule is O=C(O)CNc1nc(Nc2ccc(F)c([N+](=O)[O-])c2)cc(C(F)(F)F)n1. The first-order valence-electron chi connectivity index (χ1n) is 6.69. The maximum absolute atomic E-state index is 13.3. The van der Waals surface area contributed by atoms with Crippen LogP contribution in [0.25, 0.3) is 0 Å². The van der Waals surface area contributed by atoms with Gasteiger partial charge in [0.15, 0.2) is 5.69 Å². The number of nitrogens with one attached hydrogen (secondary N) is 2. The number of nitro benzene ring substituents is 1. The van der Waals surface area contributed by atoms with Crippen molar-refractivity contribution in [1.29, 1.82) is 0 Å². The first-order chi connectivity index (χ1) is 12.1. The summed E-state index contributed by atoms with van der Waals surface area (Å²) in [5, 5.41) is 23.7. The number of aliphatic carboxylic acids is 1. The predicted octanol–water partition coefficient (Wildman–Crippen LogP) is 2.78. The van der Waals surface area contributed by atoms with Crippen LogP contribution in [0.2, 0.25) is 0 Å². The maximum Gasteiger partial charge on any atom is 0.433 e. The molecule has 1 heterocycles. The number of aromatic nitrogens is 2. The van der Waals surface area contributed by atoms with Gasteiger partial charge in [-0.25, -0.2) is 4.98 Å². The van der Waals surface area contributed by atoms with E-state index in [1.165, 1.54) is 0 Å². The smallest absolute Gasteiger partial charge is 0.433 e. The standard InChI is InChI=1S/C13H9F4N5O4/c14-7-2-1-6(3-8(7)22(25)26)19-10-4-9(13(15,16)17)20-12(21-10)18-5-11(23)24/h1-4H,5H2,(H,23,24)(H2,18,19,20,21). The molecule has 0 bridgehead atoms. The number of halogens is 4. The van der Waals surface area contributed by atoms with Crippen LogP contribution in [0, 0.1) is 15.9 Å². The minimum Gasteiger partial charge on any atom is -0.480 e. The molecular weight excluding hydrogens is 366 g/mol. The fourth-order valence-corrected chi connectivity index (χ4v) is 1.77. The highest BCUT2D eigenvalue weighted by Crippen LogP contribution is 2.31. The molecule has 0 saturated carbocycles. The Morgan fingerprint density at radius 3 is 2.54 bits per heavy atom. The molecule has 13 heteroatoms. The number of benzene rings is 1. The molecule has 0 unspecified atom stereocenters. The van der Waals surface area contributed by atoms with Gasteiger partial charge in [-0.05, 0) is 12.1 Å². The summed E-state index contributed by atoms with van der Waals surface area (Å²) in [5.74, 6) is -3.53. The molecule has 26 heavy (non-hydrogen) atoms. The summed E-state index contributed by atoms with van der Waals surface area (Å²) < 4.78 is 52.0. The fourth-order valence-electron chi connectivity index (χ4n) is 1.77. The quantitative estimate of drug-likeness (QED) is 0.399. The van der Waals surface area contributed by atoms with Crippen molar-refractivity contribution in [2.75, 3.05) is 17.2 Å². The number of rotatable bonds is 6. The Morgan fingerprint density at radius 2 is 1.96 bits per heavy atom. The minimum atomic E-state index is -4.85. The van der Waals surface area contributed by atoms with Crippen molar-refractivity contribution >= 4 is 29.1 Å². The van der Waals surface area contributed by atoms with Crippen LogP contribution < -0.4 is 10.6 Å². The van der Waals surface area contributed by atoms with E-state index in [1.807, 2.05) is 0 Å². The number of hydrogen-bond acceptors (Lipinski definition) is 7. The van der Waals surface area contributed by atoms with Gasteiger partial charge in [-0.3, -0.25) is 14.9 Å². The summed E-state index contributed by atoms with van der Waals surface area (Å²) in [6.07, 6.45) is -4.85. The van der Waals surface area contributed by atoms with Crippen molar-refractivity contribution in [3.63, 3.8) is 0 Å². The normalized spacial score (nSPS) is 11.1. The van der Waals surface area contributed by atoms with Crippen LogP contribution in [-0.2, 0) is 11.0 Å². The van der Waals surface area contributed by atoms with E-state index in [0.717, 1.165) is 18.2 Å². The third-order valence-corrected chi connectivity index (χ3v) is 2.83. The Labute approximate surface area is 141 Å². The van der Waals surface area contributed by atoms with E-state index >= 15 is 0 Å². The van der Waals surface area contributed by atoms with Gasteiger partial charge >= 0.3 is 17.8 Å². The zero-order valence-corrected chi connectivity index (χ0v) is 12.5. The third kappa shape index (κ3) is 4.75. The number of anilines is 3. The van der Waals surface area contributed by atoms with Crippen molar-refractivity contribution in [2.45, 2.75) is 6.18 Å². The van der Waals surface area contributed by atoms with Crippen molar-refractivity contribution < 1.29 is 32.4 Å². The lowest BCUT2D eigenvalue weighted by Crippen LogP contribution is -2.17. The van der Waals surface area contributed by atoms with E-state index in [-0.39, 0.29) is 5.69 Å². The summed E-state index contributed by atoms with van der Waals surface area (Å²) in [5.41, 5.74) is -2.36. The van der Waals surface area contributed by atoms with Crippen LogP contribution >= 0.6 is 0 Å². The highest BCUT2D eigenvalue weighted by molar-refractivity contribution is 5.72. The van der Waals surface area contributed by atoms with Gasteiger partial charge in [0.05, 0.1) is 4.92 Å². The Hall–Kier alpha value is -3.51. The van der Waals surface area contributed by atoms with Crippen molar-refractivity contribution in [3.8, 4) is 0 Å². The van der Waals surface area contributed by atoms with Gasteiger partial charge in [0, 0.05) is 17.8 Å². The Kier molecular flexibility index (Phi) is 5.19. The molecule has 0 spiro atoms. The van der Waals surface area contributed by atoms with Gasteiger partial charge in [0.2, 0.25) is 11.8 Å². The molecule has 1 aromatic heterocycles. The van der Waals surface area contributed by atoms with Crippen molar-refractivity contribution in [2.24, 2.45) is 0 Å². The minimum absolute atomic E-state index is 0.103. The average Bonchev–Trinajstić information content (AvgIpc) is 2.53. The lowest BCUT2D eigenvalue weighted by molar-refractivity contribution is -0.387. The molecule has 3 N–H and O–H groups in total. The topological polar surface area (TPSA) is 130 Å². The monoisotopic (exact) mass is 375 g/mol. The summed E-state index contributed by atoms with van der Waals surface area (Å²) >= 11 is 0. The summed E-state index contributed by atoms with van der Waals surface area (Å²) in [4.78, 5) is 27.0. The summed E-state index contributed by atoms with van der Waals surface area (Å²) in [6, 6.07) is 3.11. The molecular formula is C13H9F4N5O4. The summed E-state index contributed by atoms with van der Waals surface area (Å²) in [6.45, 7) is -0.733. The first kappa shape index (κ1) is 18.8. The number of nitrogens with zero attached hydrogens (tertiary/aromatic N) is 3. The Balaban J connectivity index is 2.38. The van der Waals surface area contributed by atoms with Gasteiger partial charge in [-0.2, -0.15) is 22.5 Å². The van der Waals surface area contributed by atoms with E-state index in [0.29, 0.717) is 6.07 Å². The molecule has 9 nitrogen and oxygen atoms in total. The molecule has 2 rings (SSSR count). The molecule has 138 valence electrons. The van der Waals surface area contributed by atoms with Gasteiger partial charge in [0.1, 0.15) is 12.4 Å². The second kappa shape index (κ2) is 7.16. The highest BCUT2D eigenvalue weighted by Gasteiger charge is 2.34. The predicted molar refractivity (Wildman–Crippen MR) is 79.5 cm³/mol. The maximum atomic E-state index is 13.3. The highest BCUT2D eigenvalue weighted by atomic mass is 19.4. The molecule has 0 aliphatic heterocycles. The van der Waals surface area contributed by atoms with E-state index in [9.17, 15) is 32.5 Å². The second-order valence-corrected chi connectivity index (χ2v) is 4.76. The molecule has 0 radical (unpaired) electrons. The molecule has 0 aliphatic rings. The molecule has 0 atom stereocenters. The van der Waals surface area contributed by atoms with Crippen molar-refractivity contribution in [3.05, 3.63) is 45.9 Å². The first-order valence-corrected chi connectivity index (χ1v) is 6.69. The molecule has 0 amide bonds. The third-order valence-electron chi connectivity index (χ3n) is 2.83. The zero-order chi connectivity index (χ0) is 19.5. The Morgan fingerprint density at radius 1 is 1.27 bits per heavy atom. The molecule has 2 aromatic rings. The largest absolute Gasteiger partial charge is 0.480 e. The number of nitro groups is 1. The lowest BCUT2D eigenvalue weighted by Gasteiger charge is -2.12. The second-order valence-electron chi connectivity index (χ2n) is 4.76. The van der Waals surface area contributed by atoms with Crippen LogP contribution in [-0.4, -0.2) is 32.5 Å².